The Morgan fingerprint density at radius 1 is 1.38 bits per heavy atom. The molecular formula is C13H25NO2. The molecule has 0 radical (unpaired) electrons. The van der Waals surface area contributed by atoms with Crippen LogP contribution in [0.25, 0.3) is 0 Å². The molecule has 1 heterocycles. The first-order valence-electron chi connectivity index (χ1n) is 6.65. The quantitative estimate of drug-likeness (QED) is 0.793. The molecule has 2 atom stereocenters. The monoisotopic (exact) mass is 227 g/mol. The second kappa shape index (κ2) is 5.48. The Labute approximate surface area is 98.8 Å². The highest BCUT2D eigenvalue weighted by molar-refractivity contribution is 4.88. The molecule has 3 nitrogen and oxygen atoms in total. The molecule has 16 heavy (non-hydrogen) atoms. The molecule has 2 unspecified atom stereocenters. The van der Waals surface area contributed by atoms with Crippen molar-refractivity contribution in [3.63, 3.8) is 0 Å². The van der Waals surface area contributed by atoms with Gasteiger partial charge in [-0.1, -0.05) is 19.8 Å². The van der Waals surface area contributed by atoms with Crippen molar-refractivity contribution in [2.75, 3.05) is 39.5 Å². The Morgan fingerprint density at radius 2 is 2.12 bits per heavy atom. The van der Waals surface area contributed by atoms with Gasteiger partial charge in [-0.2, -0.15) is 0 Å². The minimum absolute atomic E-state index is 0.176. The number of hydrogen-bond donors (Lipinski definition) is 1. The summed E-state index contributed by atoms with van der Waals surface area (Å²) in [5.74, 6) is 0.780. The zero-order valence-corrected chi connectivity index (χ0v) is 10.5. The molecule has 0 spiro atoms. The van der Waals surface area contributed by atoms with Crippen molar-refractivity contribution in [1.82, 2.24) is 4.90 Å². The molecule has 2 aliphatic rings. The second-order valence-electron chi connectivity index (χ2n) is 5.75. The van der Waals surface area contributed by atoms with Crippen molar-refractivity contribution >= 4 is 0 Å². The Kier molecular flexibility index (Phi) is 4.22. The van der Waals surface area contributed by atoms with Gasteiger partial charge in [0.15, 0.2) is 0 Å². The van der Waals surface area contributed by atoms with Crippen molar-refractivity contribution in [2.45, 2.75) is 32.6 Å². The third-order valence-electron chi connectivity index (χ3n) is 4.18. The number of aliphatic hydroxyl groups excluding tert-OH is 1. The van der Waals surface area contributed by atoms with E-state index in [9.17, 15) is 5.11 Å². The molecule has 2 rings (SSSR count). The average Bonchev–Trinajstić information content (AvgIpc) is 2.30. The molecule has 2 fully saturated rings. The summed E-state index contributed by atoms with van der Waals surface area (Å²) >= 11 is 0. The van der Waals surface area contributed by atoms with Crippen molar-refractivity contribution in [2.24, 2.45) is 11.3 Å². The molecule has 0 aromatic rings. The van der Waals surface area contributed by atoms with Gasteiger partial charge in [-0.3, -0.25) is 4.90 Å². The highest BCUT2D eigenvalue weighted by Crippen LogP contribution is 2.39. The van der Waals surface area contributed by atoms with Gasteiger partial charge in [0.25, 0.3) is 0 Å². The number of hydrogen-bond acceptors (Lipinski definition) is 3. The third-order valence-corrected chi connectivity index (χ3v) is 4.18. The summed E-state index contributed by atoms with van der Waals surface area (Å²) in [6.07, 6.45) is 5.02. The van der Waals surface area contributed by atoms with Gasteiger partial charge >= 0.3 is 0 Å². The maximum atomic E-state index is 9.73. The number of ether oxygens (including phenoxy) is 1. The summed E-state index contributed by atoms with van der Waals surface area (Å²) in [5, 5.41) is 9.73. The average molecular weight is 227 g/mol. The van der Waals surface area contributed by atoms with E-state index >= 15 is 0 Å². The van der Waals surface area contributed by atoms with E-state index in [-0.39, 0.29) is 5.41 Å². The smallest absolute Gasteiger partial charge is 0.0594 e. The van der Waals surface area contributed by atoms with E-state index < -0.39 is 0 Å². The molecular weight excluding hydrogens is 202 g/mol. The lowest BCUT2D eigenvalue weighted by molar-refractivity contribution is -0.0188. The first kappa shape index (κ1) is 12.3. The fourth-order valence-corrected chi connectivity index (χ4v) is 3.34. The van der Waals surface area contributed by atoms with Crippen molar-refractivity contribution in [3.8, 4) is 0 Å². The van der Waals surface area contributed by atoms with Crippen LogP contribution in [0.1, 0.15) is 32.6 Å². The van der Waals surface area contributed by atoms with E-state index in [2.05, 4.69) is 11.8 Å². The zero-order chi connectivity index (χ0) is 11.4. The largest absolute Gasteiger partial charge is 0.396 e. The van der Waals surface area contributed by atoms with Crippen molar-refractivity contribution in [1.29, 1.82) is 0 Å². The van der Waals surface area contributed by atoms with Crippen LogP contribution in [0, 0.1) is 11.3 Å². The van der Waals surface area contributed by atoms with Crippen LogP contribution in [-0.4, -0.2) is 49.5 Å². The molecule has 1 N–H and O–H groups in total. The van der Waals surface area contributed by atoms with E-state index in [0.29, 0.717) is 6.61 Å². The predicted octanol–water partition coefficient (Wildman–Crippen LogP) is 1.51. The predicted molar refractivity (Wildman–Crippen MR) is 64.4 cm³/mol. The van der Waals surface area contributed by atoms with Crippen LogP contribution in [0.2, 0.25) is 0 Å². The molecule has 1 aliphatic carbocycles. The van der Waals surface area contributed by atoms with Gasteiger partial charge in [0.1, 0.15) is 0 Å². The minimum Gasteiger partial charge on any atom is -0.396 e. The minimum atomic E-state index is 0.176. The number of aliphatic hydroxyl groups is 1. The maximum absolute atomic E-state index is 9.73. The summed E-state index contributed by atoms with van der Waals surface area (Å²) in [6.45, 7) is 7.54. The first-order valence-corrected chi connectivity index (χ1v) is 6.65. The van der Waals surface area contributed by atoms with Crippen molar-refractivity contribution in [3.05, 3.63) is 0 Å². The normalized spacial score (nSPS) is 37.5. The van der Waals surface area contributed by atoms with Crippen molar-refractivity contribution < 1.29 is 9.84 Å². The fraction of sp³-hybridized carbons (Fsp3) is 1.00. The standard InChI is InChI=1S/C13H25NO2/c1-12-3-2-4-13(9-12,11-15)10-14-5-7-16-8-6-14/h12,15H,2-11H2,1H3. The zero-order valence-electron chi connectivity index (χ0n) is 10.5. The van der Waals surface area contributed by atoms with Crippen LogP contribution < -0.4 is 0 Å². The topological polar surface area (TPSA) is 32.7 Å². The van der Waals surface area contributed by atoms with Gasteiger partial charge < -0.3 is 9.84 Å². The highest BCUT2D eigenvalue weighted by Gasteiger charge is 2.36. The van der Waals surface area contributed by atoms with Gasteiger partial charge in [-0.15, -0.1) is 0 Å². The SMILES string of the molecule is CC1CCCC(CO)(CN2CCOCC2)C1. The Hall–Kier alpha value is -0.120. The lowest BCUT2D eigenvalue weighted by atomic mass is 9.70. The summed E-state index contributed by atoms with van der Waals surface area (Å²) in [4.78, 5) is 2.47. The van der Waals surface area contributed by atoms with E-state index in [1.807, 2.05) is 0 Å². The molecule has 0 aromatic carbocycles. The molecule has 0 aromatic heterocycles. The van der Waals surface area contributed by atoms with Crippen LogP contribution in [-0.2, 0) is 4.74 Å². The molecule has 0 amide bonds. The Balaban J connectivity index is 1.91. The van der Waals surface area contributed by atoms with Gasteiger partial charge in [0.05, 0.1) is 13.2 Å². The second-order valence-corrected chi connectivity index (χ2v) is 5.75. The fourth-order valence-electron chi connectivity index (χ4n) is 3.34. The molecule has 1 aliphatic heterocycles. The van der Waals surface area contributed by atoms with E-state index in [1.54, 1.807) is 0 Å². The van der Waals surface area contributed by atoms with Crippen LogP contribution in [0.3, 0.4) is 0 Å². The highest BCUT2D eigenvalue weighted by atomic mass is 16.5. The molecule has 94 valence electrons. The van der Waals surface area contributed by atoms with Crippen LogP contribution in [0.15, 0.2) is 0 Å². The van der Waals surface area contributed by atoms with Gasteiger partial charge in [0, 0.05) is 31.7 Å². The van der Waals surface area contributed by atoms with E-state index in [0.717, 1.165) is 38.8 Å². The molecule has 3 heteroatoms. The van der Waals surface area contributed by atoms with E-state index in [4.69, 9.17) is 4.74 Å². The summed E-state index contributed by atoms with van der Waals surface area (Å²) in [6, 6.07) is 0. The van der Waals surface area contributed by atoms with Gasteiger partial charge in [-0.05, 0) is 18.8 Å². The lowest BCUT2D eigenvalue weighted by Gasteiger charge is -2.43. The number of morpholine rings is 1. The lowest BCUT2D eigenvalue weighted by Crippen LogP contribution is -2.47. The van der Waals surface area contributed by atoms with Crippen LogP contribution in [0.4, 0.5) is 0 Å². The Morgan fingerprint density at radius 3 is 2.75 bits per heavy atom. The summed E-state index contributed by atoms with van der Waals surface area (Å²) < 4.78 is 5.37. The first-order chi connectivity index (χ1) is 7.74. The van der Waals surface area contributed by atoms with Gasteiger partial charge in [0.2, 0.25) is 0 Å². The molecule has 0 bridgehead atoms. The number of nitrogens with zero attached hydrogens (tertiary/aromatic N) is 1. The number of rotatable bonds is 3. The summed E-state index contributed by atoms with van der Waals surface area (Å²) in [5.41, 5.74) is 0.176. The van der Waals surface area contributed by atoms with Gasteiger partial charge in [-0.25, -0.2) is 0 Å². The van der Waals surface area contributed by atoms with E-state index in [1.165, 1.54) is 25.7 Å². The third kappa shape index (κ3) is 2.96. The Bertz CT molecular complexity index is 216. The molecule has 1 saturated heterocycles. The molecule has 1 saturated carbocycles. The van der Waals surface area contributed by atoms with Crippen LogP contribution >= 0.6 is 0 Å². The summed E-state index contributed by atoms with van der Waals surface area (Å²) in [7, 11) is 0. The van der Waals surface area contributed by atoms with Crippen LogP contribution in [0.5, 0.6) is 0 Å². The maximum Gasteiger partial charge on any atom is 0.0594 e.